The van der Waals surface area contributed by atoms with Gasteiger partial charge in [0.2, 0.25) is 0 Å². The zero-order chi connectivity index (χ0) is 40.7. The summed E-state index contributed by atoms with van der Waals surface area (Å²) in [6.07, 6.45) is 0. The van der Waals surface area contributed by atoms with E-state index in [2.05, 4.69) is 235 Å². The fourth-order valence-corrected chi connectivity index (χ4v) is 10.3. The van der Waals surface area contributed by atoms with Gasteiger partial charge >= 0.3 is 0 Å². The summed E-state index contributed by atoms with van der Waals surface area (Å²) < 4.78 is 0. The van der Waals surface area contributed by atoms with E-state index in [1.165, 1.54) is 83.5 Å². The Bertz CT molecular complexity index is 2820. The highest BCUT2D eigenvalue weighted by molar-refractivity contribution is 5.94. The molecule has 2 aliphatic carbocycles. The van der Waals surface area contributed by atoms with E-state index >= 15 is 0 Å². The van der Waals surface area contributed by atoms with Crippen LogP contribution in [-0.2, 0) is 16.2 Å². The monoisotopic (exact) mass is 761 g/mol. The third-order valence-electron chi connectivity index (χ3n) is 13.2. The van der Waals surface area contributed by atoms with E-state index in [0.717, 1.165) is 17.1 Å². The molecule has 0 amide bonds. The fraction of sp³-hybridized carbons (Fsp3) is 0.172. The minimum atomic E-state index is -0.527. The zero-order valence-electron chi connectivity index (χ0n) is 35.3. The molecule has 10 rings (SSSR count). The molecule has 1 nitrogen and oxygen atoms in total. The minimum Gasteiger partial charge on any atom is -0.311 e. The summed E-state index contributed by atoms with van der Waals surface area (Å²) in [6, 6.07) is 68.4. The van der Waals surface area contributed by atoms with Crippen molar-refractivity contribution in [3.63, 3.8) is 0 Å². The molecule has 0 heterocycles. The molecule has 0 N–H and O–H groups in total. The first-order valence-electron chi connectivity index (χ1n) is 21.1. The first-order valence-corrected chi connectivity index (χ1v) is 21.1. The number of para-hydroxylation sites is 2. The molecule has 8 aromatic carbocycles. The zero-order valence-corrected chi connectivity index (χ0v) is 35.3. The van der Waals surface area contributed by atoms with E-state index in [9.17, 15) is 0 Å². The van der Waals surface area contributed by atoms with Gasteiger partial charge in [0.1, 0.15) is 0 Å². The number of nitrogens with zero attached hydrogens (tertiary/aromatic N) is 1. The van der Waals surface area contributed by atoms with Crippen LogP contribution in [0.25, 0.3) is 33.4 Å². The van der Waals surface area contributed by atoms with Crippen molar-refractivity contribution in [2.45, 2.75) is 64.7 Å². The Morgan fingerprint density at radius 3 is 1.36 bits per heavy atom. The summed E-state index contributed by atoms with van der Waals surface area (Å²) in [4.78, 5) is 2.32. The average Bonchev–Trinajstić information content (AvgIpc) is 3.66. The highest BCUT2D eigenvalue weighted by Gasteiger charge is 2.52. The van der Waals surface area contributed by atoms with Crippen LogP contribution >= 0.6 is 0 Å². The lowest BCUT2D eigenvalue weighted by Crippen LogP contribution is -2.32. The van der Waals surface area contributed by atoms with Gasteiger partial charge < -0.3 is 4.90 Å². The summed E-state index contributed by atoms with van der Waals surface area (Å²) in [5, 5.41) is 0. The molecule has 0 saturated carbocycles. The SMILES string of the molecule is Cc1ccc2c(c1)C(C)(C)c1c-2ccc2c1C(c1ccc(-c3ccc(N(c4ccccc4)c4ccccc4)cc3)cc1)(c1ccc(C(C)(C)C)cc1)c1cc(C)ccc1-2. The maximum absolute atomic E-state index is 2.47. The van der Waals surface area contributed by atoms with Crippen LogP contribution in [0, 0.1) is 13.8 Å². The lowest BCUT2D eigenvalue weighted by atomic mass is 9.63. The van der Waals surface area contributed by atoms with Gasteiger partial charge in [-0.1, -0.05) is 191 Å². The van der Waals surface area contributed by atoms with E-state index in [0.29, 0.717) is 0 Å². The van der Waals surface area contributed by atoms with Crippen LogP contribution in [0.3, 0.4) is 0 Å². The Morgan fingerprint density at radius 2 is 0.831 bits per heavy atom. The van der Waals surface area contributed by atoms with Crippen LogP contribution in [0.15, 0.2) is 182 Å². The molecule has 0 aromatic heterocycles. The average molecular weight is 762 g/mol. The third kappa shape index (κ3) is 5.74. The van der Waals surface area contributed by atoms with Crippen LogP contribution < -0.4 is 4.90 Å². The maximum atomic E-state index is 2.47. The van der Waals surface area contributed by atoms with Crippen LogP contribution in [0.4, 0.5) is 17.1 Å². The Morgan fingerprint density at radius 1 is 0.407 bits per heavy atom. The molecule has 1 unspecified atom stereocenters. The number of aryl methyl sites for hydroxylation is 2. The standard InChI is InChI=1S/C58H51N/c1-38-18-32-48-50-34-35-51-49-33-19-39(2)37-53(49)58(44-28-26-42(27-29-44)56(3,4)5,55(51)54(50)57(6,7)52(48)36-38)43-24-20-40(21-25-43)41-22-30-47(31-23-41)59(45-14-10-8-11-15-45)46-16-12-9-13-17-46/h8-37H,1-7H3. The molecule has 0 aliphatic heterocycles. The Kier molecular flexibility index (Phi) is 8.48. The molecule has 1 heteroatoms. The second-order valence-electron chi connectivity index (χ2n) is 18.3. The molecular weight excluding hydrogens is 711 g/mol. The largest absolute Gasteiger partial charge is 0.311 e. The summed E-state index contributed by atoms with van der Waals surface area (Å²) >= 11 is 0. The molecule has 0 fully saturated rings. The van der Waals surface area contributed by atoms with Crippen LogP contribution in [0.2, 0.25) is 0 Å². The van der Waals surface area contributed by atoms with E-state index in [-0.39, 0.29) is 10.8 Å². The third-order valence-corrected chi connectivity index (χ3v) is 13.2. The van der Waals surface area contributed by atoms with Gasteiger partial charge in [-0.25, -0.2) is 0 Å². The molecular formula is C58H51N. The van der Waals surface area contributed by atoms with E-state index < -0.39 is 5.41 Å². The number of hydrogen-bond acceptors (Lipinski definition) is 1. The lowest BCUT2D eigenvalue weighted by Gasteiger charge is -2.38. The molecule has 0 saturated heterocycles. The highest BCUT2D eigenvalue weighted by Crippen LogP contribution is 2.63. The van der Waals surface area contributed by atoms with Crippen LogP contribution in [0.5, 0.6) is 0 Å². The quantitative estimate of drug-likeness (QED) is 0.163. The molecule has 0 radical (unpaired) electrons. The Hall–Kier alpha value is -6.44. The molecule has 8 aromatic rings. The van der Waals surface area contributed by atoms with Crippen molar-refractivity contribution in [3.8, 4) is 33.4 Å². The van der Waals surface area contributed by atoms with Gasteiger partial charge in [-0.05, 0) is 128 Å². The van der Waals surface area contributed by atoms with Gasteiger partial charge in [-0.2, -0.15) is 0 Å². The van der Waals surface area contributed by atoms with Crippen molar-refractivity contribution < 1.29 is 0 Å². The Labute approximate surface area is 350 Å². The highest BCUT2D eigenvalue weighted by atomic mass is 15.1. The molecule has 59 heavy (non-hydrogen) atoms. The van der Waals surface area contributed by atoms with Crippen molar-refractivity contribution in [1.29, 1.82) is 0 Å². The van der Waals surface area contributed by atoms with Crippen molar-refractivity contribution in [2.75, 3.05) is 4.90 Å². The number of anilines is 3. The van der Waals surface area contributed by atoms with E-state index in [4.69, 9.17) is 0 Å². The van der Waals surface area contributed by atoms with E-state index in [1.54, 1.807) is 0 Å². The van der Waals surface area contributed by atoms with Gasteiger partial charge in [0.25, 0.3) is 0 Å². The predicted octanol–water partition coefficient (Wildman–Crippen LogP) is 15.4. The summed E-state index contributed by atoms with van der Waals surface area (Å²) in [6.45, 7) is 16.3. The number of fused-ring (bicyclic) bond motifs is 7. The molecule has 288 valence electrons. The van der Waals surface area contributed by atoms with Gasteiger partial charge in [0.05, 0.1) is 5.41 Å². The second kappa shape index (κ2) is 13.6. The summed E-state index contributed by atoms with van der Waals surface area (Å²) in [5.74, 6) is 0. The van der Waals surface area contributed by atoms with Crippen molar-refractivity contribution in [1.82, 2.24) is 0 Å². The van der Waals surface area contributed by atoms with Crippen molar-refractivity contribution in [3.05, 3.63) is 232 Å². The number of rotatable bonds is 6. The van der Waals surface area contributed by atoms with Crippen molar-refractivity contribution in [2.24, 2.45) is 0 Å². The number of hydrogen-bond donors (Lipinski definition) is 0. The number of benzene rings is 8. The predicted molar refractivity (Wildman–Crippen MR) is 250 cm³/mol. The first-order chi connectivity index (χ1) is 28.5. The van der Waals surface area contributed by atoms with E-state index in [1.807, 2.05) is 0 Å². The molecule has 0 bridgehead atoms. The van der Waals surface area contributed by atoms with Gasteiger partial charge in [0, 0.05) is 22.5 Å². The van der Waals surface area contributed by atoms with Gasteiger partial charge in [-0.15, -0.1) is 0 Å². The lowest BCUT2D eigenvalue weighted by molar-refractivity contribution is 0.589. The maximum Gasteiger partial charge on any atom is 0.0716 e. The molecule has 2 aliphatic rings. The van der Waals surface area contributed by atoms with Gasteiger partial charge in [-0.3, -0.25) is 0 Å². The van der Waals surface area contributed by atoms with Gasteiger partial charge in [0.15, 0.2) is 0 Å². The molecule has 0 spiro atoms. The van der Waals surface area contributed by atoms with Crippen LogP contribution in [0.1, 0.15) is 84.7 Å². The second-order valence-corrected chi connectivity index (χ2v) is 18.3. The molecule has 1 atom stereocenters. The normalized spacial score (nSPS) is 15.9. The first kappa shape index (κ1) is 36.9. The van der Waals surface area contributed by atoms with Crippen molar-refractivity contribution >= 4 is 17.1 Å². The summed E-state index contributed by atoms with van der Waals surface area (Å²) in [7, 11) is 0. The smallest absolute Gasteiger partial charge is 0.0716 e. The fourth-order valence-electron chi connectivity index (χ4n) is 10.3. The minimum absolute atomic E-state index is 0.0485. The summed E-state index contributed by atoms with van der Waals surface area (Å²) in [5.41, 5.74) is 22.7. The topological polar surface area (TPSA) is 3.24 Å². The Balaban J connectivity index is 1.16. The van der Waals surface area contributed by atoms with Crippen LogP contribution in [-0.4, -0.2) is 0 Å².